The molecule has 10 aromatic carbocycles. The van der Waals surface area contributed by atoms with Crippen LogP contribution in [-0.2, 0) is 24.8 Å². The molecule has 0 radical (unpaired) electrons. The van der Waals surface area contributed by atoms with Crippen LogP contribution in [0.5, 0.6) is 11.5 Å². The second-order valence-corrected chi connectivity index (χ2v) is 21.0. The number of pyridine rings is 1. The molecular formula is C70H51N5OPt. The Bertz CT molecular complexity index is 5090. The average Bonchev–Trinajstić information content (AvgIpc) is 2.12. The van der Waals surface area contributed by atoms with Crippen molar-refractivity contribution in [2.24, 2.45) is 0 Å². The number of benzene rings is 10. The van der Waals surface area contributed by atoms with Gasteiger partial charge < -0.3 is 0 Å². The van der Waals surface area contributed by atoms with Gasteiger partial charge in [0.15, 0.2) is 0 Å². The van der Waals surface area contributed by atoms with Crippen molar-refractivity contribution in [2.75, 3.05) is 0 Å². The predicted octanol–water partition coefficient (Wildman–Crippen LogP) is 18.2. The number of hydrogen-bond acceptors (Lipinski definition) is 2. The van der Waals surface area contributed by atoms with Crippen LogP contribution in [0.3, 0.4) is 0 Å². The van der Waals surface area contributed by atoms with Gasteiger partial charge in [0.05, 0.1) is 0 Å². The molecule has 7 heteroatoms. The summed E-state index contributed by atoms with van der Waals surface area (Å²) in [5.41, 5.74) is 9.28. The van der Waals surface area contributed by atoms with E-state index in [0.717, 1.165) is 66.1 Å². The van der Waals surface area contributed by atoms with E-state index in [9.17, 15) is 5.48 Å². The van der Waals surface area contributed by atoms with Gasteiger partial charge in [-0.25, -0.2) is 0 Å². The monoisotopic (exact) mass is 1180 g/mol. The number of aromatic nitrogens is 5. The molecule has 0 saturated carbocycles. The number of fused-ring (bicyclic) bond motifs is 7. The summed E-state index contributed by atoms with van der Waals surface area (Å²) in [5.74, 6) is 1.87. The number of nitrogens with zero attached hydrogens (tertiary/aromatic N) is 5. The van der Waals surface area contributed by atoms with Gasteiger partial charge in [0.1, 0.15) is 0 Å². The molecule has 0 N–H and O–H groups in total. The van der Waals surface area contributed by atoms with Crippen molar-refractivity contribution in [2.45, 2.75) is 26.2 Å². The molecule has 0 aliphatic carbocycles. The molecule has 0 bridgehead atoms. The van der Waals surface area contributed by atoms with Crippen molar-refractivity contribution in [1.82, 2.24) is 23.3 Å². The first-order chi connectivity index (χ1) is 41.9. The molecule has 6 nitrogen and oxygen atoms in total. The molecule has 372 valence electrons. The SMILES string of the molecule is [2H]c1c([2H])c([2H])c(-c2cc(-n3c4ccccc4c4ccccc43)cc(-c3c([2H])c([2H])c([2H])c([2H])c3[2H])c2-n2[c](=[Pt])n(-c3cccc(Oc4ccc5c6cccc(-c7ccccc7)c6n(-c6cc(C(C)(C)C)ccn6)c5c4)c3)c3ccccc32)c([2H])c1[2H]. The molecule has 14 rings (SSSR count). The van der Waals surface area contributed by atoms with Gasteiger partial charge in [0.2, 0.25) is 0 Å². The van der Waals surface area contributed by atoms with Gasteiger partial charge in [-0.1, -0.05) is 63.2 Å². The molecular weight excluding hydrogens is 1120 g/mol. The molecule has 77 heavy (non-hydrogen) atoms. The molecule has 0 spiro atoms. The Hall–Kier alpha value is -9.09. The number of imidazole rings is 1. The molecule has 0 unspecified atom stereocenters. The normalized spacial score (nSPS) is 13.7. The molecule has 0 aliphatic rings. The van der Waals surface area contributed by atoms with E-state index in [1.165, 1.54) is 0 Å². The summed E-state index contributed by atoms with van der Waals surface area (Å²) < 4.78 is 108. The number of hydrogen-bond donors (Lipinski definition) is 0. The summed E-state index contributed by atoms with van der Waals surface area (Å²) in [5, 5.41) is 3.93. The summed E-state index contributed by atoms with van der Waals surface area (Å²) in [6, 6.07) is 56.2. The topological polar surface area (TPSA) is 41.8 Å². The minimum atomic E-state index is -0.580. The maximum absolute atomic E-state index is 9.60. The van der Waals surface area contributed by atoms with Crippen molar-refractivity contribution >= 4 is 54.6 Å². The van der Waals surface area contributed by atoms with E-state index in [1.54, 1.807) is 12.1 Å². The van der Waals surface area contributed by atoms with E-state index in [2.05, 4.69) is 99.3 Å². The van der Waals surface area contributed by atoms with Gasteiger partial charge >= 0.3 is 382 Å². The number of para-hydroxylation sites is 5. The summed E-state index contributed by atoms with van der Waals surface area (Å²) in [7, 11) is 0. The fourth-order valence-corrected chi connectivity index (χ4v) is 12.0. The Morgan fingerprint density at radius 3 is 1.66 bits per heavy atom. The van der Waals surface area contributed by atoms with Crippen molar-refractivity contribution in [1.29, 1.82) is 0 Å². The van der Waals surface area contributed by atoms with Crippen LogP contribution in [0.1, 0.15) is 40.0 Å². The van der Waals surface area contributed by atoms with Gasteiger partial charge in [-0.05, 0) is 22.6 Å². The fraction of sp³-hybridized carbons (Fsp3) is 0.0571. The standard InChI is InChI=1S/C70H51N5O.Pt/c1-70(2,3)50-39-40-71-67(41-50)75-66-45-54(37-38-58(66)59-32-20-31-55(69(59)75)47-21-7-4-8-22-47)76-53-28-19-27-51(42-53)72-46-73(65-36-18-17-35-64(65)72)68-60(48-23-9-5-10-24-48)43-52(44-61(68)49-25-11-6-12-26-49)74-62-33-15-13-29-56(62)57-30-14-16-34-63(57)74;/h4-45H,1-3H3;/i5D,6D,9D,10D,11D,12D,23D,24D,25D,26D;. The van der Waals surface area contributed by atoms with Crippen LogP contribution < -0.4 is 4.74 Å². The Morgan fingerprint density at radius 2 is 1.00 bits per heavy atom. The van der Waals surface area contributed by atoms with E-state index in [1.807, 2.05) is 141 Å². The summed E-state index contributed by atoms with van der Waals surface area (Å²) >= 11 is 2.21. The van der Waals surface area contributed by atoms with Crippen LogP contribution >= 0.6 is 0 Å². The third-order valence-corrected chi connectivity index (χ3v) is 15.4. The van der Waals surface area contributed by atoms with E-state index in [4.69, 9.17) is 17.9 Å². The van der Waals surface area contributed by atoms with Crippen molar-refractivity contribution < 1.29 is 37.8 Å². The van der Waals surface area contributed by atoms with Gasteiger partial charge in [0, 0.05) is 6.20 Å². The average molecular weight is 1180 g/mol. The first-order valence-corrected chi connectivity index (χ1v) is 26.4. The first-order valence-electron chi connectivity index (χ1n) is 30.3. The Balaban J connectivity index is 1.01. The minimum absolute atomic E-state index is 0.140. The molecule has 4 aromatic heterocycles. The van der Waals surface area contributed by atoms with Crippen LogP contribution in [0, 0.1) is 3.80 Å². The maximum atomic E-state index is 9.60. The molecule has 14 aromatic rings. The molecule has 0 fully saturated rings. The van der Waals surface area contributed by atoms with Crippen LogP contribution in [0.2, 0.25) is 0 Å². The van der Waals surface area contributed by atoms with E-state index >= 15 is 0 Å². The van der Waals surface area contributed by atoms with Crippen LogP contribution in [0.4, 0.5) is 0 Å². The van der Waals surface area contributed by atoms with E-state index in [0.29, 0.717) is 37.7 Å². The zero-order valence-electron chi connectivity index (χ0n) is 51.9. The third-order valence-electron chi connectivity index (χ3n) is 14.4. The number of ether oxygens (including phenoxy) is 1. The van der Waals surface area contributed by atoms with Crippen LogP contribution in [0.15, 0.2) is 255 Å². The quantitative estimate of drug-likeness (QED) is 0.145. The molecule has 0 atom stereocenters. The first kappa shape index (κ1) is 36.8. The van der Waals surface area contributed by atoms with Crippen LogP contribution in [0.25, 0.3) is 111 Å². The van der Waals surface area contributed by atoms with Crippen LogP contribution in [-0.4, -0.2) is 23.3 Å². The fourth-order valence-electron chi connectivity index (χ4n) is 10.9. The van der Waals surface area contributed by atoms with E-state index < -0.39 is 60.4 Å². The predicted molar refractivity (Wildman–Crippen MR) is 314 cm³/mol. The Labute approximate surface area is 471 Å². The second-order valence-electron chi connectivity index (χ2n) is 20.0. The van der Waals surface area contributed by atoms with E-state index in [-0.39, 0.29) is 33.4 Å². The molecule has 0 aliphatic heterocycles. The molecule has 0 saturated heterocycles. The molecule has 4 heterocycles. The Kier molecular flexibility index (Phi) is 8.90. The molecule has 0 amide bonds. The second kappa shape index (κ2) is 18.6. The third kappa shape index (κ3) is 7.90. The van der Waals surface area contributed by atoms with Gasteiger partial charge in [0.25, 0.3) is 0 Å². The van der Waals surface area contributed by atoms with Gasteiger partial charge in [-0.15, -0.1) is 0 Å². The Morgan fingerprint density at radius 1 is 0.429 bits per heavy atom. The zero-order chi connectivity index (χ0) is 60.5. The van der Waals surface area contributed by atoms with Crippen molar-refractivity contribution in [3.8, 4) is 67.8 Å². The van der Waals surface area contributed by atoms with Gasteiger partial charge in [-0.2, -0.15) is 0 Å². The zero-order valence-corrected chi connectivity index (χ0v) is 44.2. The van der Waals surface area contributed by atoms with Gasteiger partial charge in [-0.3, -0.25) is 0 Å². The summed E-state index contributed by atoms with van der Waals surface area (Å²) in [6.45, 7) is 6.58. The summed E-state index contributed by atoms with van der Waals surface area (Å²) in [6.07, 6.45) is 1.87. The van der Waals surface area contributed by atoms with Crippen molar-refractivity contribution in [3.63, 3.8) is 0 Å². The van der Waals surface area contributed by atoms with Crippen molar-refractivity contribution in [3.05, 3.63) is 264 Å². The number of rotatable bonds is 9. The summed E-state index contributed by atoms with van der Waals surface area (Å²) in [4.78, 5) is 5.00.